The molecule has 1 aromatic rings. The summed E-state index contributed by atoms with van der Waals surface area (Å²) in [5, 5.41) is 10.6. The molecule has 0 aliphatic heterocycles. The minimum Gasteiger partial charge on any atom is -0.424 e. The third-order valence-electron chi connectivity index (χ3n) is 2.93. The maximum atomic E-state index is 12.6. The minimum atomic E-state index is -3.23. The molecule has 0 aliphatic rings. The number of nitro groups is 1. The van der Waals surface area contributed by atoms with Gasteiger partial charge in [-0.1, -0.05) is 12.8 Å². The second-order valence-electron chi connectivity index (χ2n) is 4.70. The topological polar surface area (TPSA) is 78.7 Å². The van der Waals surface area contributed by atoms with Gasteiger partial charge in [0, 0.05) is 18.0 Å². The van der Waals surface area contributed by atoms with Crippen molar-refractivity contribution in [3.05, 3.63) is 34.4 Å². The molecule has 0 amide bonds. The van der Waals surface area contributed by atoms with E-state index in [1.165, 1.54) is 24.3 Å². The van der Waals surface area contributed by atoms with Crippen LogP contribution in [0.1, 0.15) is 32.6 Å². The van der Waals surface area contributed by atoms with Crippen molar-refractivity contribution in [1.29, 1.82) is 0 Å². The number of benzene rings is 1. The normalized spacial score (nSPS) is 13.5. The number of unbranched alkanes of at least 4 members (excludes halogenated alkanes) is 3. The molecule has 0 radical (unpaired) electrons. The number of halogens is 1. The largest absolute Gasteiger partial charge is 0.424 e. The number of nitro benzene ring substituents is 1. The van der Waals surface area contributed by atoms with Crippen LogP contribution in [0.15, 0.2) is 24.3 Å². The van der Waals surface area contributed by atoms with Crippen LogP contribution in [0.25, 0.3) is 0 Å². The van der Waals surface area contributed by atoms with Crippen molar-refractivity contribution in [3.63, 3.8) is 0 Å². The first-order valence-corrected chi connectivity index (χ1v) is 9.50. The van der Waals surface area contributed by atoms with E-state index < -0.39 is 12.5 Å². The smallest absolute Gasteiger partial charge is 0.379 e. The van der Waals surface area contributed by atoms with Gasteiger partial charge >= 0.3 is 7.60 Å². The molecule has 0 aromatic heterocycles. The lowest BCUT2D eigenvalue weighted by molar-refractivity contribution is -0.384. The van der Waals surface area contributed by atoms with Crippen molar-refractivity contribution in [1.82, 2.24) is 0 Å². The van der Waals surface area contributed by atoms with Crippen molar-refractivity contribution in [2.24, 2.45) is 0 Å². The van der Waals surface area contributed by atoms with Gasteiger partial charge in [-0.3, -0.25) is 10.1 Å². The van der Waals surface area contributed by atoms with Crippen LogP contribution >= 0.6 is 19.2 Å². The molecule has 0 bridgehead atoms. The van der Waals surface area contributed by atoms with Crippen LogP contribution in [0.5, 0.6) is 5.75 Å². The number of rotatable bonds is 11. The van der Waals surface area contributed by atoms with E-state index in [2.05, 4.69) is 0 Å². The summed E-state index contributed by atoms with van der Waals surface area (Å²) in [6, 6.07) is 5.48. The fourth-order valence-corrected chi connectivity index (χ4v) is 3.79. The highest BCUT2D eigenvalue weighted by atomic mass is 35.5. The van der Waals surface area contributed by atoms with Gasteiger partial charge in [-0.15, -0.1) is 11.6 Å². The first-order valence-electron chi connectivity index (χ1n) is 7.24. The predicted octanol–water partition coefficient (Wildman–Crippen LogP) is 5.00. The second-order valence-corrected chi connectivity index (χ2v) is 7.19. The Kier molecular flexibility index (Phi) is 8.46. The Morgan fingerprint density at radius 3 is 2.36 bits per heavy atom. The van der Waals surface area contributed by atoms with E-state index in [9.17, 15) is 14.7 Å². The summed E-state index contributed by atoms with van der Waals surface area (Å²) < 4.78 is 23.4. The summed E-state index contributed by atoms with van der Waals surface area (Å²) in [5.41, 5.74) is -0.0420. The van der Waals surface area contributed by atoms with E-state index in [0.29, 0.717) is 17.8 Å². The van der Waals surface area contributed by atoms with Crippen LogP contribution in [0.2, 0.25) is 0 Å². The first-order chi connectivity index (χ1) is 10.5. The molecule has 1 rings (SSSR count). The molecule has 0 saturated carbocycles. The highest BCUT2D eigenvalue weighted by molar-refractivity contribution is 7.54. The Labute approximate surface area is 135 Å². The molecule has 0 N–H and O–H groups in total. The van der Waals surface area contributed by atoms with Crippen LogP contribution in [0.3, 0.4) is 0 Å². The molecule has 0 fully saturated rings. The fraction of sp³-hybridized carbons (Fsp3) is 0.571. The summed E-state index contributed by atoms with van der Waals surface area (Å²) in [4.78, 5) is 10.1. The molecule has 0 heterocycles. The summed E-state index contributed by atoms with van der Waals surface area (Å²) >= 11 is 5.61. The Bertz CT molecular complexity index is 508. The quantitative estimate of drug-likeness (QED) is 0.184. The lowest BCUT2D eigenvalue weighted by atomic mass is 10.2. The fourth-order valence-electron chi connectivity index (χ4n) is 1.88. The van der Waals surface area contributed by atoms with Gasteiger partial charge in [0.1, 0.15) is 5.75 Å². The number of hydrogen-bond acceptors (Lipinski definition) is 5. The minimum absolute atomic E-state index is 0.0420. The average Bonchev–Trinajstić information content (AvgIpc) is 2.48. The standard InChI is InChI=1S/C14H21ClNO5P/c1-2-20-22(19,12-6-4-3-5-11-15)21-14-9-7-13(8-10-14)16(17)18/h7-10H,2-6,11-12H2,1H3. The summed E-state index contributed by atoms with van der Waals surface area (Å²) in [6.07, 6.45) is 3.87. The monoisotopic (exact) mass is 349 g/mol. The first kappa shape index (κ1) is 18.9. The van der Waals surface area contributed by atoms with E-state index >= 15 is 0 Å². The van der Waals surface area contributed by atoms with Crippen molar-refractivity contribution in [2.75, 3.05) is 18.6 Å². The van der Waals surface area contributed by atoms with Gasteiger partial charge in [0.15, 0.2) is 0 Å². The van der Waals surface area contributed by atoms with Crippen LogP contribution in [0.4, 0.5) is 5.69 Å². The van der Waals surface area contributed by atoms with E-state index in [4.69, 9.17) is 20.6 Å². The summed E-state index contributed by atoms with van der Waals surface area (Å²) in [7, 11) is -3.23. The molecule has 1 atom stereocenters. The molecule has 8 heteroatoms. The number of nitrogens with zero attached hydrogens (tertiary/aromatic N) is 1. The molecule has 1 aromatic carbocycles. The van der Waals surface area contributed by atoms with E-state index in [0.717, 1.165) is 25.7 Å². The van der Waals surface area contributed by atoms with Crippen molar-refractivity contribution >= 4 is 24.9 Å². The number of alkyl halides is 1. The third-order valence-corrected chi connectivity index (χ3v) is 5.21. The van der Waals surface area contributed by atoms with Gasteiger partial charge in [-0.25, -0.2) is 4.57 Å². The SMILES string of the molecule is CCOP(=O)(CCCCCCCl)Oc1ccc([N+](=O)[O-])cc1. The van der Waals surface area contributed by atoms with E-state index in [1.807, 2.05) is 0 Å². The molecule has 6 nitrogen and oxygen atoms in total. The van der Waals surface area contributed by atoms with Gasteiger partial charge in [0.05, 0.1) is 17.7 Å². The van der Waals surface area contributed by atoms with Gasteiger partial charge < -0.3 is 9.05 Å². The van der Waals surface area contributed by atoms with Gasteiger partial charge in [-0.05, 0) is 31.9 Å². The van der Waals surface area contributed by atoms with Crippen LogP contribution < -0.4 is 4.52 Å². The van der Waals surface area contributed by atoms with Crippen LogP contribution in [0, 0.1) is 10.1 Å². The lowest BCUT2D eigenvalue weighted by Gasteiger charge is -2.18. The molecule has 0 spiro atoms. The highest BCUT2D eigenvalue weighted by Gasteiger charge is 2.25. The molecule has 22 heavy (non-hydrogen) atoms. The van der Waals surface area contributed by atoms with Crippen LogP contribution in [-0.2, 0) is 9.09 Å². The van der Waals surface area contributed by atoms with Crippen molar-refractivity contribution in [2.45, 2.75) is 32.6 Å². The Hall–Kier alpha value is -1.10. The van der Waals surface area contributed by atoms with Crippen LogP contribution in [-0.4, -0.2) is 23.6 Å². The Morgan fingerprint density at radius 2 is 1.82 bits per heavy atom. The van der Waals surface area contributed by atoms with E-state index in [-0.39, 0.29) is 12.3 Å². The zero-order chi connectivity index (χ0) is 16.4. The third kappa shape index (κ3) is 6.77. The number of hydrogen-bond donors (Lipinski definition) is 0. The zero-order valence-corrected chi connectivity index (χ0v) is 14.2. The summed E-state index contributed by atoms with van der Waals surface area (Å²) in [6.45, 7) is 2.03. The maximum absolute atomic E-state index is 12.6. The molecule has 1 unspecified atom stereocenters. The molecule has 0 aliphatic carbocycles. The predicted molar refractivity (Wildman–Crippen MR) is 87.0 cm³/mol. The zero-order valence-electron chi connectivity index (χ0n) is 12.6. The molecule has 0 saturated heterocycles. The maximum Gasteiger partial charge on any atom is 0.379 e. The summed E-state index contributed by atoms with van der Waals surface area (Å²) in [5.74, 6) is 0.936. The molecule has 124 valence electrons. The van der Waals surface area contributed by atoms with E-state index in [1.54, 1.807) is 6.92 Å². The van der Waals surface area contributed by atoms with Gasteiger partial charge in [0.2, 0.25) is 0 Å². The van der Waals surface area contributed by atoms with Crippen molar-refractivity contribution < 1.29 is 18.5 Å². The average molecular weight is 350 g/mol. The number of non-ortho nitro benzene ring substituents is 1. The Morgan fingerprint density at radius 1 is 1.18 bits per heavy atom. The lowest BCUT2D eigenvalue weighted by Crippen LogP contribution is -2.03. The van der Waals surface area contributed by atoms with Gasteiger partial charge in [-0.2, -0.15) is 0 Å². The molecular weight excluding hydrogens is 329 g/mol. The Balaban J connectivity index is 2.61. The highest BCUT2D eigenvalue weighted by Crippen LogP contribution is 2.49. The van der Waals surface area contributed by atoms with Gasteiger partial charge in [0.25, 0.3) is 5.69 Å². The van der Waals surface area contributed by atoms with Crippen molar-refractivity contribution in [3.8, 4) is 5.75 Å². The second kappa shape index (κ2) is 9.82. The molecular formula is C14H21ClNO5P.